The van der Waals surface area contributed by atoms with E-state index in [2.05, 4.69) is 62.2 Å². The molecule has 2 saturated heterocycles. The van der Waals surface area contributed by atoms with Crippen LogP contribution in [0.2, 0.25) is 0 Å². The highest BCUT2D eigenvalue weighted by Gasteiger charge is 2.43. The average Bonchev–Trinajstić information content (AvgIpc) is 2.96. The molecule has 1 N–H and O–H groups in total. The zero-order chi connectivity index (χ0) is 27.6. The van der Waals surface area contributed by atoms with Crippen LogP contribution in [0, 0.1) is 6.92 Å². The lowest BCUT2D eigenvalue weighted by atomic mass is 9.82. The number of nitrogens with zero attached hydrogens (tertiary/aromatic N) is 4. The van der Waals surface area contributed by atoms with Crippen LogP contribution >= 0.6 is 15.9 Å². The van der Waals surface area contributed by atoms with E-state index in [4.69, 9.17) is 4.84 Å². The topological polar surface area (TPSA) is 78.3 Å². The van der Waals surface area contributed by atoms with Crippen LogP contribution in [0.15, 0.2) is 58.3 Å². The van der Waals surface area contributed by atoms with E-state index in [1.54, 1.807) is 12.3 Å². The lowest BCUT2D eigenvalue weighted by molar-refractivity contribution is 0.00568. The molecule has 7 nitrogen and oxygen atoms in total. The molecule has 3 heterocycles. The molecule has 1 unspecified atom stereocenters. The number of aryl methyl sites for hydroxylation is 1. The van der Waals surface area contributed by atoms with Crippen LogP contribution in [-0.4, -0.2) is 69.3 Å². The number of phenols is 1. The van der Waals surface area contributed by atoms with E-state index in [0.29, 0.717) is 36.2 Å². The Morgan fingerprint density at radius 3 is 2.59 bits per heavy atom. The number of halogens is 1. The van der Waals surface area contributed by atoms with Crippen molar-refractivity contribution >= 4 is 38.5 Å². The maximum absolute atomic E-state index is 13.7. The minimum Gasteiger partial charge on any atom is -0.507 e. The van der Waals surface area contributed by atoms with Gasteiger partial charge in [0.15, 0.2) is 0 Å². The van der Waals surface area contributed by atoms with Crippen LogP contribution < -0.4 is 0 Å². The standard InChI is InChI=1S/C31H37BrN4O3/c1-4-39-34-28(22-9-11-23(32)12-10-22)26-7-5-6-18-36(26)31(3)15-19-35(20-16-31)30(38)24-14-17-33-25-13-8-21(2)29(37)27(24)25/h8-14,17,26,37H,4-7,15-16,18-20H2,1-3H3/b34-28+. The summed E-state index contributed by atoms with van der Waals surface area (Å²) in [5.41, 5.74) is 3.89. The number of phenolic OH excluding ortho intramolecular Hbond substituents is 1. The number of carbonyl (C=O) groups excluding carboxylic acids is 1. The molecule has 206 valence electrons. The minimum absolute atomic E-state index is 0.0472. The molecule has 1 atom stereocenters. The van der Waals surface area contributed by atoms with Gasteiger partial charge in [-0.2, -0.15) is 0 Å². The maximum Gasteiger partial charge on any atom is 0.254 e. The summed E-state index contributed by atoms with van der Waals surface area (Å²) in [5, 5.41) is 15.9. The molecule has 0 spiro atoms. The summed E-state index contributed by atoms with van der Waals surface area (Å²) in [6.45, 7) is 8.98. The van der Waals surface area contributed by atoms with Gasteiger partial charge in [-0.05, 0) is 82.8 Å². The van der Waals surface area contributed by atoms with Crippen molar-refractivity contribution in [1.82, 2.24) is 14.8 Å². The van der Waals surface area contributed by atoms with Crippen LogP contribution in [0.1, 0.15) is 67.4 Å². The molecule has 1 amide bonds. The molecule has 3 aromatic rings. The number of pyridine rings is 1. The van der Waals surface area contributed by atoms with Crippen molar-refractivity contribution in [3.63, 3.8) is 0 Å². The number of rotatable bonds is 6. The van der Waals surface area contributed by atoms with Gasteiger partial charge in [-0.25, -0.2) is 0 Å². The number of hydrogen-bond donors (Lipinski definition) is 1. The fourth-order valence-electron chi connectivity index (χ4n) is 6.08. The smallest absolute Gasteiger partial charge is 0.254 e. The van der Waals surface area contributed by atoms with Gasteiger partial charge < -0.3 is 14.8 Å². The van der Waals surface area contributed by atoms with E-state index in [9.17, 15) is 9.90 Å². The monoisotopic (exact) mass is 592 g/mol. The maximum atomic E-state index is 13.7. The molecule has 0 saturated carbocycles. The van der Waals surface area contributed by atoms with Crippen LogP contribution in [0.4, 0.5) is 0 Å². The molecule has 5 rings (SSSR count). The Hall–Kier alpha value is -2.97. The van der Waals surface area contributed by atoms with Crippen LogP contribution in [0.3, 0.4) is 0 Å². The Morgan fingerprint density at radius 2 is 1.87 bits per heavy atom. The predicted molar refractivity (Wildman–Crippen MR) is 158 cm³/mol. The SMILES string of the molecule is CCO/N=C(\c1ccc(Br)cc1)C1CCCCN1C1(C)CCN(C(=O)c2ccnc3ccc(C)c(O)c23)CC1. The molecule has 1 aromatic heterocycles. The van der Waals surface area contributed by atoms with Gasteiger partial charge in [-0.15, -0.1) is 0 Å². The minimum atomic E-state index is -0.0662. The highest BCUT2D eigenvalue weighted by atomic mass is 79.9. The van der Waals surface area contributed by atoms with E-state index in [-0.39, 0.29) is 23.2 Å². The number of hydrogen-bond acceptors (Lipinski definition) is 6. The van der Waals surface area contributed by atoms with Gasteiger partial charge in [0, 0.05) is 34.9 Å². The second-order valence-corrected chi connectivity index (χ2v) is 11.8. The molecule has 2 fully saturated rings. The quantitative estimate of drug-likeness (QED) is 0.268. The molecule has 0 bridgehead atoms. The second-order valence-electron chi connectivity index (χ2n) is 10.9. The first-order chi connectivity index (χ1) is 18.8. The van der Waals surface area contributed by atoms with Crippen molar-refractivity contribution in [1.29, 1.82) is 0 Å². The number of oxime groups is 1. The number of aromatic hydroxyl groups is 1. The van der Waals surface area contributed by atoms with E-state index < -0.39 is 0 Å². The van der Waals surface area contributed by atoms with Gasteiger partial charge in [-0.1, -0.05) is 45.7 Å². The van der Waals surface area contributed by atoms with Crippen molar-refractivity contribution in [2.45, 2.75) is 64.5 Å². The second kappa shape index (κ2) is 11.6. The van der Waals surface area contributed by atoms with Gasteiger partial charge in [-0.3, -0.25) is 14.7 Å². The number of aromatic nitrogens is 1. The predicted octanol–water partition coefficient (Wildman–Crippen LogP) is 6.30. The Morgan fingerprint density at radius 1 is 1.13 bits per heavy atom. The van der Waals surface area contributed by atoms with Gasteiger partial charge in [0.2, 0.25) is 0 Å². The zero-order valence-corrected chi connectivity index (χ0v) is 24.6. The largest absolute Gasteiger partial charge is 0.507 e. The zero-order valence-electron chi connectivity index (χ0n) is 23.0. The Kier molecular flexibility index (Phi) is 8.24. The van der Waals surface area contributed by atoms with E-state index >= 15 is 0 Å². The summed E-state index contributed by atoms with van der Waals surface area (Å²) in [4.78, 5) is 28.2. The van der Waals surface area contributed by atoms with Crippen molar-refractivity contribution in [3.8, 4) is 5.75 Å². The van der Waals surface area contributed by atoms with Crippen molar-refractivity contribution in [2.24, 2.45) is 5.16 Å². The Bertz CT molecular complexity index is 1370. The van der Waals surface area contributed by atoms with Crippen LogP contribution in [-0.2, 0) is 4.84 Å². The van der Waals surface area contributed by atoms with Gasteiger partial charge >= 0.3 is 0 Å². The summed E-state index contributed by atoms with van der Waals surface area (Å²) < 4.78 is 1.04. The summed E-state index contributed by atoms with van der Waals surface area (Å²) >= 11 is 3.55. The number of piperidine rings is 2. The number of benzene rings is 2. The fourth-order valence-corrected chi connectivity index (χ4v) is 6.35. The summed E-state index contributed by atoms with van der Waals surface area (Å²) in [6.07, 6.45) is 6.72. The molecule has 0 radical (unpaired) electrons. The van der Waals surface area contributed by atoms with Crippen molar-refractivity contribution in [3.05, 3.63) is 69.8 Å². The lowest BCUT2D eigenvalue weighted by Gasteiger charge is -2.51. The number of fused-ring (bicyclic) bond motifs is 1. The molecule has 2 aromatic carbocycles. The third kappa shape index (κ3) is 5.54. The van der Waals surface area contributed by atoms with Gasteiger partial charge in [0.05, 0.1) is 22.5 Å². The number of likely N-dealkylation sites (tertiary alicyclic amines) is 2. The third-order valence-electron chi connectivity index (χ3n) is 8.38. The van der Waals surface area contributed by atoms with Crippen molar-refractivity contribution in [2.75, 3.05) is 26.2 Å². The van der Waals surface area contributed by atoms with Crippen LogP contribution in [0.5, 0.6) is 5.75 Å². The first-order valence-electron chi connectivity index (χ1n) is 13.9. The molecule has 2 aliphatic heterocycles. The van der Waals surface area contributed by atoms with Gasteiger partial charge in [0.25, 0.3) is 5.91 Å². The van der Waals surface area contributed by atoms with Gasteiger partial charge in [0.1, 0.15) is 18.1 Å². The normalized spacial score (nSPS) is 20.3. The molecular weight excluding hydrogens is 556 g/mol. The Labute approximate surface area is 239 Å². The molecule has 2 aliphatic rings. The van der Waals surface area contributed by atoms with E-state index in [1.165, 1.54) is 0 Å². The van der Waals surface area contributed by atoms with Crippen LogP contribution in [0.25, 0.3) is 10.9 Å². The average molecular weight is 594 g/mol. The highest BCUT2D eigenvalue weighted by molar-refractivity contribution is 9.10. The van der Waals surface area contributed by atoms with Crippen molar-refractivity contribution < 1.29 is 14.7 Å². The summed E-state index contributed by atoms with van der Waals surface area (Å²) in [6, 6.07) is 13.9. The number of carbonyl (C=O) groups is 1. The highest BCUT2D eigenvalue weighted by Crippen LogP contribution is 2.37. The molecule has 39 heavy (non-hydrogen) atoms. The fraction of sp³-hybridized carbons (Fsp3) is 0.452. The summed E-state index contributed by atoms with van der Waals surface area (Å²) in [7, 11) is 0. The first kappa shape index (κ1) is 27.6. The summed E-state index contributed by atoms with van der Waals surface area (Å²) in [5.74, 6) is 0.0880. The number of amides is 1. The van der Waals surface area contributed by atoms with E-state index in [1.807, 2.05) is 30.9 Å². The molecule has 8 heteroatoms. The lowest BCUT2D eigenvalue weighted by Crippen LogP contribution is -2.60. The first-order valence-corrected chi connectivity index (χ1v) is 14.7. The molecular formula is C31H37BrN4O3. The third-order valence-corrected chi connectivity index (χ3v) is 8.91. The Balaban J connectivity index is 1.38. The molecule has 0 aliphatic carbocycles. The van der Waals surface area contributed by atoms with E-state index in [0.717, 1.165) is 60.0 Å².